The van der Waals surface area contributed by atoms with Crippen molar-refractivity contribution >= 4 is 11.3 Å². The number of hydrogen-bond donors (Lipinski definition) is 0. The summed E-state index contributed by atoms with van der Waals surface area (Å²) < 4.78 is 5.54. The molecule has 3 rings (SSSR count). The Morgan fingerprint density at radius 3 is 2.58 bits per heavy atom. The Morgan fingerprint density at radius 1 is 1.00 bits per heavy atom. The number of aromatic nitrogens is 4. The van der Waals surface area contributed by atoms with Crippen molar-refractivity contribution in [2.24, 2.45) is 0 Å². The number of pyridine rings is 1. The van der Waals surface area contributed by atoms with E-state index in [-0.39, 0.29) is 0 Å². The lowest BCUT2D eigenvalue weighted by Crippen LogP contribution is -1.97. The van der Waals surface area contributed by atoms with Crippen LogP contribution < -0.4 is 4.74 Å². The van der Waals surface area contributed by atoms with Crippen molar-refractivity contribution in [1.82, 2.24) is 19.9 Å². The lowest BCUT2D eigenvalue weighted by molar-refractivity contribution is 0.303. The predicted molar refractivity (Wildman–Crippen MR) is 71.7 cm³/mol. The largest absolute Gasteiger partial charge is 0.483 e. The summed E-state index contributed by atoms with van der Waals surface area (Å²) in [4.78, 5) is 16.8. The molecule has 0 fully saturated rings. The molecule has 0 aromatic carbocycles. The van der Waals surface area contributed by atoms with Crippen LogP contribution >= 0.6 is 11.3 Å². The third kappa shape index (κ3) is 2.92. The van der Waals surface area contributed by atoms with Crippen LogP contribution in [0.5, 0.6) is 5.75 Å². The Balaban J connectivity index is 1.69. The topological polar surface area (TPSA) is 60.8 Å². The van der Waals surface area contributed by atoms with Gasteiger partial charge in [-0.15, -0.1) is 11.3 Å². The second-order valence-electron chi connectivity index (χ2n) is 3.67. The zero-order valence-electron chi connectivity index (χ0n) is 9.93. The first-order chi connectivity index (χ1) is 9.42. The summed E-state index contributed by atoms with van der Waals surface area (Å²) in [7, 11) is 0. The standard InChI is InChI=1S/C13H10N4OS/c1-2-4-14-11(3-1)13-16-7-10(8-17-13)18-9-12-15-5-6-19-12/h1-8H,9H2. The van der Waals surface area contributed by atoms with Crippen LogP contribution in [-0.4, -0.2) is 19.9 Å². The first-order valence-corrected chi connectivity index (χ1v) is 6.54. The van der Waals surface area contributed by atoms with Crippen LogP contribution in [0, 0.1) is 0 Å². The van der Waals surface area contributed by atoms with Crippen LogP contribution in [0.1, 0.15) is 5.01 Å². The van der Waals surface area contributed by atoms with Gasteiger partial charge < -0.3 is 4.74 Å². The summed E-state index contributed by atoms with van der Waals surface area (Å²) in [5.41, 5.74) is 0.744. The molecule has 0 saturated carbocycles. The Kier molecular flexibility index (Phi) is 3.42. The van der Waals surface area contributed by atoms with Crippen LogP contribution in [0.15, 0.2) is 48.4 Å². The van der Waals surface area contributed by atoms with Gasteiger partial charge in [-0.2, -0.15) is 0 Å². The van der Waals surface area contributed by atoms with Crippen LogP contribution in [0.25, 0.3) is 11.5 Å². The van der Waals surface area contributed by atoms with Crippen LogP contribution in [0.4, 0.5) is 0 Å². The van der Waals surface area contributed by atoms with E-state index in [2.05, 4.69) is 19.9 Å². The lowest BCUT2D eigenvalue weighted by atomic mass is 10.3. The van der Waals surface area contributed by atoms with Crippen LogP contribution in [-0.2, 0) is 6.61 Å². The zero-order chi connectivity index (χ0) is 12.9. The maximum Gasteiger partial charge on any atom is 0.178 e. The van der Waals surface area contributed by atoms with Crippen molar-refractivity contribution in [3.63, 3.8) is 0 Å². The normalized spacial score (nSPS) is 10.3. The molecule has 0 amide bonds. The first kappa shape index (κ1) is 11.7. The summed E-state index contributed by atoms with van der Waals surface area (Å²) >= 11 is 1.56. The third-order valence-electron chi connectivity index (χ3n) is 2.37. The molecule has 5 nitrogen and oxygen atoms in total. The molecule has 0 aliphatic rings. The average molecular weight is 270 g/mol. The zero-order valence-corrected chi connectivity index (χ0v) is 10.7. The highest BCUT2D eigenvalue weighted by Gasteiger charge is 2.03. The van der Waals surface area contributed by atoms with Gasteiger partial charge in [-0.3, -0.25) is 4.98 Å². The smallest absolute Gasteiger partial charge is 0.178 e. The summed E-state index contributed by atoms with van der Waals surface area (Å²) in [5, 5.41) is 2.84. The molecule has 3 aromatic heterocycles. The van der Waals surface area contributed by atoms with Gasteiger partial charge in [0.1, 0.15) is 17.3 Å². The Hall–Kier alpha value is -2.34. The summed E-state index contributed by atoms with van der Waals surface area (Å²) in [6.45, 7) is 0.434. The van der Waals surface area contributed by atoms with E-state index >= 15 is 0 Å². The molecule has 0 N–H and O–H groups in total. The molecule has 0 aliphatic carbocycles. The maximum absolute atomic E-state index is 5.54. The lowest BCUT2D eigenvalue weighted by Gasteiger charge is -2.03. The Morgan fingerprint density at radius 2 is 1.89 bits per heavy atom. The molecule has 3 aromatic rings. The molecular formula is C13H10N4OS. The van der Waals surface area contributed by atoms with Crippen molar-refractivity contribution in [2.45, 2.75) is 6.61 Å². The van der Waals surface area contributed by atoms with E-state index < -0.39 is 0 Å². The minimum absolute atomic E-state index is 0.434. The molecule has 19 heavy (non-hydrogen) atoms. The van der Waals surface area contributed by atoms with E-state index in [1.807, 2.05) is 23.6 Å². The van der Waals surface area contributed by atoms with E-state index in [1.165, 1.54) is 0 Å². The van der Waals surface area contributed by atoms with Gasteiger partial charge in [0.05, 0.1) is 12.4 Å². The second-order valence-corrected chi connectivity index (χ2v) is 4.65. The number of nitrogens with zero attached hydrogens (tertiary/aromatic N) is 4. The van der Waals surface area contributed by atoms with Crippen molar-refractivity contribution in [3.8, 4) is 17.3 Å². The van der Waals surface area contributed by atoms with Gasteiger partial charge in [0.15, 0.2) is 11.6 Å². The van der Waals surface area contributed by atoms with Crippen LogP contribution in [0.3, 0.4) is 0 Å². The van der Waals surface area contributed by atoms with Crippen molar-refractivity contribution in [1.29, 1.82) is 0 Å². The Labute approximate surface area is 114 Å². The minimum atomic E-state index is 0.434. The fourth-order valence-corrected chi connectivity index (χ4v) is 2.01. The summed E-state index contributed by atoms with van der Waals surface area (Å²) in [6.07, 6.45) is 6.75. The highest BCUT2D eigenvalue weighted by molar-refractivity contribution is 7.09. The molecule has 0 bridgehead atoms. The first-order valence-electron chi connectivity index (χ1n) is 5.66. The molecule has 0 radical (unpaired) electrons. The van der Waals surface area contributed by atoms with Gasteiger partial charge >= 0.3 is 0 Å². The molecule has 0 aliphatic heterocycles. The van der Waals surface area contributed by atoms with E-state index in [1.54, 1.807) is 36.1 Å². The fourth-order valence-electron chi connectivity index (χ4n) is 1.49. The minimum Gasteiger partial charge on any atom is -0.483 e. The Bertz CT molecular complexity index is 626. The van der Waals surface area contributed by atoms with Gasteiger partial charge in [-0.05, 0) is 12.1 Å². The second kappa shape index (κ2) is 5.53. The van der Waals surface area contributed by atoms with E-state index in [4.69, 9.17) is 4.74 Å². The molecular weight excluding hydrogens is 260 g/mol. The predicted octanol–water partition coefficient (Wildman–Crippen LogP) is 2.57. The molecule has 0 atom stereocenters. The quantitative estimate of drug-likeness (QED) is 0.729. The van der Waals surface area contributed by atoms with Crippen LogP contribution in [0.2, 0.25) is 0 Å². The van der Waals surface area contributed by atoms with Gasteiger partial charge in [0.2, 0.25) is 0 Å². The van der Waals surface area contributed by atoms with Crippen molar-refractivity contribution in [3.05, 3.63) is 53.4 Å². The van der Waals surface area contributed by atoms with Crippen molar-refractivity contribution in [2.75, 3.05) is 0 Å². The van der Waals surface area contributed by atoms with Gasteiger partial charge in [-0.1, -0.05) is 6.07 Å². The number of ether oxygens (including phenoxy) is 1. The average Bonchev–Trinajstić information content (AvgIpc) is 3.00. The van der Waals surface area contributed by atoms with Gasteiger partial charge in [0.25, 0.3) is 0 Å². The highest BCUT2D eigenvalue weighted by Crippen LogP contribution is 2.15. The number of thiazole rings is 1. The SMILES string of the molecule is c1ccc(-c2ncc(OCc3nccs3)cn2)nc1. The molecule has 6 heteroatoms. The van der Waals surface area contributed by atoms with Gasteiger partial charge in [-0.25, -0.2) is 15.0 Å². The van der Waals surface area contributed by atoms with E-state index in [9.17, 15) is 0 Å². The molecule has 0 saturated heterocycles. The third-order valence-corrected chi connectivity index (χ3v) is 3.12. The fraction of sp³-hybridized carbons (Fsp3) is 0.0769. The van der Waals surface area contributed by atoms with Gasteiger partial charge in [0, 0.05) is 17.8 Å². The molecule has 0 spiro atoms. The van der Waals surface area contributed by atoms with E-state index in [0.29, 0.717) is 18.2 Å². The number of hydrogen-bond acceptors (Lipinski definition) is 6. The monoisotopic (exact) mass is 270 g/mol. The molecule has 94 valence electrons. The molecule has 0 unspecified atom stereocenters. The number of rotatable bonds is 4. The maximum atomic E-state index is 5.54. The highest BCUT2D eigenvalue weighted by atomic mass is 32.1. The summed E-state index contributed by atoms with van der Waals surface area (Å²) in [5.74, 6) is 1.21. The summed E-state index contributed by atoms with van der Waals surface area (Å²) in [6, 6.07) is 5.62. The van der Waals surface area contributed by atoms with E-state index in [0.717, 1.165) is 10.7 Å². The molecule has 3 heterocycles. The van der Waals surface area contributed by atoms with Crippen molar-refractivity contribution < 1.29 is 4.74 Å².